The molecule has 0 spiro atoms. The predicted octanol–water partition coefficient (Wildman–Crippen LogP) is 3.58. The molecule has 0 fully saturated rings. The Labute approximate surface area is 121 Å². The molecule has 1 unspecified atom stereocenters. The second kappa shape index (κ2) is 6.11. The van der Waals surface area contributed by atoms with Gasteiger partial charge in [0.2, 0.25) is 0 Å². The van der Waals surface area contributed by atoms with Crippen molar-refractivity contribution in [2.24, 2.45) is 0 Å². The number of hydrogen-bond donors (Lipinski definition) is 1. The van der Waals surface area contributed by atoms with E-state index in [2.05, 4.69) is 0 Å². The molecule has 0 aliphatic heterocycles. The number of halogens is 2. The Morgan fingerprint density at radius 3 is 2.45 bits per heavy atom. The van der Waals surface area contributed by atoms with Gasteiger partial charge in [0, 0.05) is 5.56 Å². The lowest BCUT2D eigenvalue weighted by molar-refractivity contribution is 0.214. The summed E-state index contributed by atoms with van der Waals surface area (Å²) in [5, 5.41) is 10.6. The van der Waals surface area contributed by atoms with E-state index >= 15 is 0 Å². The van der Waals surface area contributed by atoms with E-state index < -0.39 is 11.9 Å². The SMILES string of the molecule is COc1cc(C(O)c2ccccc2F)cc(Cl)c1OC. The smallest absolute Gasteiger partial charge is 0.179 e. The van der Waals surface area contributed by atoms with Crippen molar-refractivity contribution in [2.75, 3.05) is 14.2 Å². The number of hydrogen-bond acceptors (Lipinski definition) is 3. The fraction of sp³-hybridized carbons (Fsp3) is 0.200. The van der Waals surface area contributed by atoms with Crippen LogP contribution in [-0.2, 0) is 0 Å². The molecule has 0 amide bonds. The minimum absolute atomic E-state index is 0.177. The summed E-state index contributed by atoms with van der Waals surface area (Å²) in [6, 6.07) is 9.13. The lowest BCUT2D eigenvalue weighted by Crippen LogP contribution is -2.03. The third kappa shape index (κ3) is 2.71. The average molecular weight is 297 g/mol. The molecule has 1 atom stereocenters. The maximum Gasteiger partial charge on any atom is 0.179 e. The molecule has 0 aliphatic carbocycles. The van der Waals surface area contributed by atoms with Gasteiger partial charge in [-0.05, 0) is 23.8 Å². The van der Waals surface area contributed by atoms with Gasteiger partial charge in [0.05, 0.1) is 19.2 Å². The van der Waals surface area contributed by atoms with Crippen molar-refractivity contribution in [3.8, 4) is 11.5 Å². The van der Waals surface area contributed by atoms with Crippen LogP contribution in [0.15, 0.2) is 36.4 Å². The Balaban J connectivity index is 2.48. The van der Waals surface area contributed by atoms with Gasteiger partial charge in [0.15, 0.2) is 11.5 Å². The van der Waals surface area contributed by atoms with E-state index in [1.165, 1.54) is 32.4 Å². The molecule has 0 radical (unpaired) electrons. The molecule has 0 aromatic heterocycles. The number of methoxy groups -OCH3 is 2. The Kier molecular flexibility index (Phi) is 4.47. The van der Waals surface area contributed by atoms with Crippen LogP contribution in [0.1, 0.15) is 17.2 Å². The number of ether oxygens (including phenoxy) is 2. The highest BCUT2D eigenvalue weighted by Crippen LogP contribution is 2.39. The summed E-state index contributed by atoms with van der Waals surface area (Å²) in [5.41, 5.74) is 0.605. The fourth-order valence-corrected chi connectivity index (χ4v) is 2.27. The molecule has 0 bridgehead atoms. The summed E-state index contributed by atoms with van der Waals surface area (Å²) in [5.74, 6) is 0.273. The topological polar surface area (TPSA) is 38.7 Å². The third-order valence-electron chi connectivity index (χ3n) is 2.97. The normalized spacial score (nSPS) is 12.1. The maximum absolute atomic E-state index is 13.7. The first-order chi connectivity index (χ1) is 9.58. The molecule has 0 saturated heterocycles. The van der Waals surface area contributed by atoms with Crippen LogP contribution in [0.5, 0.6) is 11.5 Å². The minimum atomic E-state index is -1.13. The minimum Gasteiger partial charge on any atom is -0.493 e. The van der Waals surface area contributed by atoms with Gasteiger partial charge in [-0.3, -0.25) is 0 Å². The van der Waals surface area contributed by atoms with Crippen molar-refractivity contribution in [1.82, 2.24) is 0 Å². The van der Waals surface area contributed by atoms with Crippen LogP contribution in [0.2, 0.25) is 5.02 Å². The summed E-state index contributed by atoms with van der Waals surface area (Å²) in [7, 11) is 2.93. The number of aliphatic hydroxyl groups excluding tert-OH is 1. The monoisotopic (exact) mass is 296 g/mol. The lowest BCUT2D eigenvalue weighted by atomic mass is 10.0. The first kappa shape index (κ1) is 14.6. The number of rotatable bonds is 4. The van der Waals surface area contributed by atoms with Gasteiger partial charge in [-0.15, -0.1) is 0 Å². The molecule has 2 rings (SSSR count). The summed E-state index contributed by atoms with van der Waals surface area (Å²) in [6.45, 7) is 0. The molecule has 0 aliphatic rings. The highest BCUT2D eigenvalue weighted by molar-refractivity contribution is 6.32. The van der Waals surface area contributed by atoms with Crippen molar-refractivity contribution < 1.29 is 19.0 Å². The Bertz CT molecular complexity index is 616. The second-order valence-corrected chi connectivity index (χ2v) is 4.57. The molecule has 1 N–H and O–H groups in total. The van der Waals surface area contributed by atoms with Crippen LogP contribution in [0.4, 0.5) is 4.39 Å². The van der Waals surface area contributed by atoms with Gasteiger partial charge < -0.3 is 14.6 Å². The Morgan fingerprint density at radius 1 is 1.15 bits per heavy atom. The molecule has 2 aromatic carbocycles. The van der Waals surface area contributed by atoms with Crippen LogP contribution in [0.25, 0.3) is 0 Å². The van der Waals surface area contributed by atoms with E-state index in [0.29, 0.717) is 17.1 Å². The lowest BCUT2D eigenvalue weighted by Gasteiger charge is -2.16. The predicted molar refractivity (Wildman–Crippen MR) is 75.0 cm³/mol. The van der Waals surface area contributed by atoms with E-state index in [0.717, 1.165) is 0 Å². The van der Waals surface area contributed by atoms with Gasteiger partial charge in [-0.1, -0.05) is 29.8 Å². The van der Waals surface area contributed by atoms with E-state index in [4.69, 9.17) is 21.1 Å². The maximum atomic E-state index is 13.7. The van der Waals surface area contributed by atoms with E-state index in [-0.39, 0.29) is 10.6 Å². The Morgan fingerprint density at radius 2 is 1.85 bits per heavy atom. The van der Waals surface area contributed by atoms with Crippen molar-refractivity contribution >= 4 is 11.6 Å². The third-order valence-corrected chi connectivity index (χ3v) is 3.25. The van der Waals surface area contributed by atoms with E-state index in [9.17, 15) is 9.50 Å². The van der Waals surface area contributed by atoms with Crippen molar-refractivity contribution in [3.05, 3.63) is 58.4 Å². The van der Waals surface area contributed by atoms with Crippen LogP contribution >= 0.6 is 11.6 Å². The van der Waals surface area contributed by atoms with Gasteiger partial charge in [0.25, 0.3) is 0 Å². The Hall–Kier alpha value is -1.78. The van der Waals surface area contributed by atoms with Gasteiger partial charge in [-0.25, -0.2) is 4.39 Å². The van der Waals surface area contributed by atoms with Crippen LogP contribution < -0.4 is 9.47 Å². The van der Waals surface area contributed by atoms with Crippen LogP contribution in [-0.4, -0.2) is 19.3 Å². The molecule has 2 aromatic rings. The zero-order valence-electron chi connectivity index (χ0n) is 11.1. The van der Waals surface area contributed by atoms with Crippen LogP contribution in [0.3, 0.4) is 0 Å². The molecule has 5 heteroatoms. The molecular weight excluding hydrogens is 283 g/mol. The molecular formula is C15H14ClFO3. The van der Waals surface area contributed by atoms with Crippen LogP contribution in [0, 0.1) is 5.82 Å². The van der Waals surface area contributed by atoms with E-state index in [1.54, 1.807) is 18.2 Å². The average Bonchev–Trinajstić information content (AvgIpc) is 2.46. The molecule has 20 heavy (non-hydrogen) atoms. The summed E-state index contributed by atoms with van der Waals surface area (Å²) in [4.78, 5) is 0. The first-order valence-electron chi connectivity index (χ1n) is 5.92. The zero-order valence-corrected chi connectivity index (χ0v) is 11.8. The van der Waals surface area contributed by atoms with Gasteiger partial charge in [0.1, 0.15) is 11.9 Å². The van der Waals surface area contributed by atoms with Gasteiger partial charge >= 0.3 is 0 Å². The highest BCUT2D eigenvalue weighted by Gasteiger charge is 2.19. The molecule has 3 nitrogen and oxygen atoms in total. The first-order valence-corrected chi connectivity index (χ1v) is 6.30. The van der Waals surface area contributed by atoms with Crippen molar-refractivity contribution in [1.29, 1.82) is 0 Å². The molecule has 0 heterocycles. The number of aliphatic hydroxyl groups is 1. The van der Waals surface area contributed by atoms with Gasteiger partial charge in [-0.2, -0.15) is 0 Å². The summed E-state index contributed by atoms with van der Waals surface area (Å²) < 4.78 is 24.0. The van der Waals surface area contributed by atoms with E-state index in [1.807, 2.05) is 0 Å². The highest BCUT2D eigenvalue weighted by atomic mass is 35.5. The standard InChI is InChI=1S/C15H14ClFO3/c1-19-13-8-9(7-11(16)15(13)20-2)14(18)10-5-3-4-6-12(10)17/h3-8,14,18H,1-2H3. The van der Waals surface area contributed by atoms with Crippen molar-refractivity contribution in [2.45, 2.75) is 6.10 Å². The largest absolute Gasteiger partial charge is 0.493 e. The molecule has 106 valence electrons. The quantitative estimate of drug-likeness (QED) is 0.937. The summed E-state index contributed by atoms with van der Waals surface area (Å²) >= 11 is 6.07. The van der Waals surface area contributed by atoms with Crippen molar-refractivity contribution in [3.63, 3.8) is 0 Å². The second-order valence-electron chi connectivity index (χ2n) is 4.16. The molecule has 0 saturated carbocycles. The summed E-state index contributed by atoms with van der Waals surface area (Å²) in [6.07, 6.45) is -1.13. The zero-order chi connectivity index (χ0) is 14.7. The fourth-order valence-electron chi connectivity index (χ4n) is 1.97. The number of benzene rings is 2.